The highest BCUT2D eigenvalue weighted by Gasteiger charge is 2.17. The molecule has 0 spiro atoms. The van der Waals surface area contributed by atoms with Crippen LogP contribution in [0, 0.1) is 10.1 Å². The van der Waals surface area contributed by atoms with Gasteiger partial charge in [-0.25, -0.2) is 0 Å². The largest absolute Gasteiger partial charge is 0.477 e. The highest BCUT2D eigenvalue weighted by Crippen LogP contribution is 2.27. The number of ether oxygens (including phenoxy) is 1. The fourth-order valence-corrected chi connectivity index (χ4v) is 2.34. The van der Waals surface area contributed by atoms with Gasteiger partial charge in [0, 0.05) is 17.3 Å². The second-order valence-electron chi connectivity index (χ2n) is 5.87. The minimum atomic E-state index is -0.659. The number of hydrogen-bond donors (Lipinski definition) is 1. The van der Waals surface area contributed by atoms with E-state index in [4.69, 9.17) is 4.74 Å². The number of nitro benzene ring substituents is 1. The predicted molar refractivity (Wildman–Crippen MR) is 97.8 cm³/mol. The van der Waals surface area contributed by atoms with Gasteiger partial charge < -0.3 is 10.1 Å². The number of carbonyl (C=O) groups is 2. The number of benzene rings is 2. The maximum absolute atomic E-state index is 12.0. The van der Waals surface area contributed by atoms with Gasteiger partial charge in [-0.05, 0) is 42.2 Å². The minimum Gasteiger partial charge on any atom is -0.477 e. The molecule has 0 fully saturated rings. The Hall–Kier alpha value is -3.22. The number of amides is 1. The van der Waals surface area contributed by atoms with Crippen LogP contribution in [0.5, 0.6) is 5.75 Å². The first kappa shape index (κ1) is 19.1. The summed E-state index contributed by atoms with van der Waals surface area (Å²) in [5, 5.41) is 13.7. The lowest BCUT2D eigenvalue weighted by Gasteiger charge is -2.11. The van der Waals surface area contributed by atoms with E-state index in [9.17, 15) is 19.7 Å². The van der Waals surface area contributed by atoms with Gasteiger partial charge in [-0.15, -0.1) is 0 Å². The lowest BCUT2D eigenvalue weighted by molar-refractivity contribution is -0.385. The average Bonchev–Trinajstić information content (AvgIpc) is 2.66. The zero-order valence-corrected chi connectivity index (χ0v) is 14.6. The van der Waals surface area contributed by atoms with E-state index < -0.39 is 10.8 Å². The Balaban J connectivity index is 1.99. The summed E-state index contributed by atoms with van der Waals surface area (Å²) in [6.45, 7) is 3.86. The fourth-order valence-electron chi connectivity index (χ4n) is 2.34. The van der Waals surface area contributed by atoms with Gasteiger partial charge in [0.05, 0.1) is 4.92 Å². The lowest BCUT2D eigenvalue weighted by Crippen LogP contribution is -2.20. The third kappa shape index (κ3) is 4.89. The zero-order chi connectivity index (χ0) is 19.1. The number of nitrogens with one attached hydrogen (secondary N) is 1. The molecule has 2 aromatic rings. The minimum absolute atomic E-state index is 0.0668. The second kappa shape index (κ2) is 8.75. The molecule has 2 aromatic carbocycles. The van der Waals surface area contributed by atoms with Crippen LogP contribution in [0.25, 0.3) is 0 Å². The standard InChI is InChI=1S/C19H20N2O5/c1-3-13(2)15-5-7-16(8-6-15)20-19(23)12-26-18-9-4-14(11-22)10-17(18)21(24)25/h4-11,13H,3,12H2,1-2H3,(H,20,23)/t13-/m0/s1. The summed E-state index contributed by atoms with van der Waals surface area (Å²) in [6.07, 6.45) is 1.54. The summed E-state index contributed by atoms with van der Waals surface area (Å²) < 4.78 is 5.24. The lowest BCUT2D eigenvalue weighted by atomic mass is 9.99. The van der Waals surface area contributed by atoms with Crippen LogP contribution in [0.15, 0.2) is 42.5 Å². The number of carbonyl (C=O) groups excluding carboxylic acids is 2. The Morgan fingerprint density at radius 3 is 2.54 bits per heavy atom. The molecule has 7 heteroatoms. The summed E-state index contributed by atoms with van der Waals surface area (Å²) >= 11 is 0. The first-order valence-electron chi connectivity index (χ1n) is 8.20. The van der Waals surface area contributed by atoms with E-state index in [-0.39, 0.29) is 23.6 Å². The van der Waals surface area contributed by atoms with Crippen molar-refractivity contribution in [1.82, 2.24) is 0 Å². The summed E-state index contributed by atoms with van der Waals surface area (Å²) in [6, 6.07) is 11.3. The van der Waals surface area contributed by atoms with E-state index in [1.54, 1.807) is 12.1 Å². The molecule has 1 atom stereocenters. The van der Waals surface area contributed by atoms with Crippen molar-refractivity contribution >= 4 is 23.6 Å². The normalized spacial score (nSPS) is 11.5. The summed E-state index contributed by atoms with van der Waals surface area (Å²) in [5.41, 5.74) is 1.61. The SMILES string of the molecule is CC[C@H](C)c1ccc(NC(=O)COc2ccc(C=O)cc2[N+](=O)[O-])cc1. The van der Waals surface area contributed by atoms with E-state index in [1.807, 2.05) is 12.1 Å². The Morgan fingerprint density at radius 1 is 1.27 bits per heavy atom. The molecule has 26 heavy (non-hydrogen) atoms. The Kier molecular flexibility index (Phi) is 6.43. The molecule has 1 amide bonds. The van der Waals surface area contributed by atoms with Crippen molar-refractivity contribution < 1.29 is 19.2 Å². The van der Waals surface area contributed by atoms with Gasteiger partial charge >= 0.3 is 5.69 Å². The van der Waals surface area contributed by atoms with E-state index in [0.717, 1.165) is 12.5 Å². The maximum Gasteiger partial charge on any atom is 0.311 e. The molecule has 0 radical (unpaired) electrons. The van der Waals surface area contributed by atoms with Crippen LogP contribution in [0.2, 0.25) is 0 Å². The number of aldehydes is 1. The van der Waals surface area contributed by atoms with Gasteiger partial charge in [-0.1, -0.05) is 26.0 Å². The first-order chi connectivity index (χ1) is 12.4. The van der Waals surface area contributed by atoms with E-state index in [1.165, 1.54) is 17.7 Å². The molecule has 136 valence electrons. The molecule has 0 aliphatic carbocycles. The van der Waals surface area contributed by atoms with E-state index in [0.29, 0.717) is 17.9 Å². The molecule has 1 N–H and O–H groups in total. The fraction of sp³-hybridized carbons (Fsp3) is 0.263. The molecule has 0 bridgehead atoms. The van der Waals surface area contributed by atoms with Gasteiger partial charge in [0.1, 0.15) is 6.29 Å². The van der Waals surface area contributed by atoms with Gasteiger partial charge in [-0.3, -0.25) is 19.7 Å². The molecule has 0 aliphatic rings. The molecular formula is C19H20N2O5. The van der Waals surface area contributed by atoms with Crippen molar-refractivity contribution in [2.24, 2.45) is 0 Å². The van der Waals surface area contributed by atoms with Crippen molar-refractivity contribution in [3.05, 3.63) is 63.7 Å². The molecule has 2 rings (SSSR count). The summed E-state index contributed by atoms with van der Waals surface area (Å²) in [4.78, 5) is 33.1. The number of hydrogen-bond acceptors (Lipinski definition) is 5. The van der Waals surface area contributed by atoms with Crippen LogP contribution in [0.1, 0.15) is 42.1 Å². The molecule has 0 saturated heterocycles. The molecule has 0 saturated carbocycles. The van der Waals surface area contributed by atoms with E-state index in [2.05, 4.69) is 19.2 Å². The average molecular weight is 356 g/mol. The highest BCUT2D eigenvalue weighted by atomic mass is 16.6. The smallest absolute Gasteiger partial charge is 0.311 e. The Bertz CT molecular complexity index is 802. The van der Waals surface area contributed by atoms with Crippen molar-refractivity contribution in [1.29, 1.82) is 0 Å². The van der Waals surface area contributed by atoms with Gasteiger partial charge in [0.2, 0.25) is 0 Å². The van der Waals surface area contributed by atoms with E-state index >= 15 is 0 Å². The molecule has 0 unspecified atom stereocenters. The number of anilines is 1. The van der Waals surface area contributed by atoms with Gasteiger partial charge in [-0.2, -0.15) is 0 Å². The Labute approximate surface area is 151 Å². The van der Waals surface area contributed by atoms with Crippen LogP contribution in [-0.4, -0.2) is 23.7 Å². The molecular weight excluding hydrogens is 336 g/mol. The third-order valence-electron chi connectivity index (χ3n) is 4.05. The van der Waals surface area contributed by atoms with Crippen molar-refractivity contribution in [3.63, 3.8) is 0 Å². The van der Waals surface area contributed by atoms with Crippen molar-refractivity contribution in [2.75, 3.05) is 11.9 Å². The predicted octanol–water partition coefficient (Wildman–Crippen LogP) is 3.94. The highest BCUT2D eigenvalue weighted by molar-refractivity contribution is 5.92. The zero-order valence-electron chi connectivity index (χ0n) is 14.6. The van der Waals surface area contributed by atoms with Crippen molar-refractivity contribution in [2.45, 2.75) is 26.2 Å². The summed E-state index contributed by atoms with van der Waals surface area (Å²) in [7, 11) is 0. The molecule has 0 heterocycles. The quantitative estimate of drug-likeness (QED) is 0.439. The van der Waals surface area contributed by atoms with Crippen LogP contribution >= 0.6 is 0 Å². The van der Waals surface area contributed by atoms with Crippen molar-refractivity contribution in [3.8, 4) is 5.75 Å². The van der Waals surface area contributed by atoms with Gasteiger partial charge in [0.25, 0.3) is 5.91 Å². The molecule has 0 aliphatic heterocycles. The van der Waals surface area contributed by atoms with Crippen LogP contribution < -0.4 is 10.1 Å². The second-order valence-corrected chi connectivity index (χ2v) is 5.87. The molecule has 7 nitrogen and oxygen atoms in total. The number of nitro groups is 1. The maximum atomic E-state index is 12.0. The summed E-state index contributed by atoms with van der Waals surface area (Å²) in [5.74, 6) is -0.0594. The molecule has 0 aromatic heterocycles. The van der Waals surface area contributed by atoms with Crippen LogP contribution in [-0.2, 0) is 4.79 Å². The first-order valence-corrected chi connectivity index (χ1v) is 8.20. The van der Waals surface area contributed by atoms with Gasteiger partial charge in [0.15, 0.2) is 12.4 Å². The Morgan fingerprint density at radius 2 is 1.96 bits per heavy atom. The monoisotopic (exact) mass is 356 g/mol. The third-order valence-corrected chi connectivity index (χ3v) is 4.05. The number of rotatable bonds is 8. The number of nitrogens with zero attached hydrogens (tertiary/aromatic N) is 1. The van der Waals surface area contributed by atoms with Crippen LogP contribution in [0.3, 0.4) is 0 Å². The van der Waals surface area contributed by atoms with Crippen LogP contribution in [0.4, 0.5) is 11.4 Å². The topological polar surface area (TPSA) is 98.5 Å².